The van der Waals surface area contributed by atoms with Gasteiger partial charge in [0.2, 0.25) is 5.91 Å². The molecule has 10 heteroatoms. The van der Waals surface area contributed by atoms with Gasteiger partial charge in [0, 0.05) is 66.7 Å². The van der Waals surface area contributed by atoms with Crippen LogP contribution in [0.3, 0.4) is 0 Å². The van der Waals surface area contributed by atoms with Crippen molar-refractivity contribution in [3.63, 3.8) is 0 Å². The summed E-state index contributed by atoms with van der Waals surface area (Å²) in [5.41, 5.74) is 6.87. The number of rotatable bonds is 4. The van der Waals surface area contributed by atoms with Gasteiger partial charge in [0.1, 0.15) is 6.04 Å². The van der Waals surface area contributed by atoms with E-state index in [1.807, 2.05) is 48.4 Å². The predicted molar refractivity (Wildman–Crippen MR) is 153 cm³/mol. The van der Waals surface area contributed by atoms with Crippen LogP contribution in [0.1, 0.15) is 46.2 Å². The lowest BCUT2D eigenvalue weighted by atomic mass is 9.94. The summed E-state index contributed by atoms with van der Waals surface area (Å²) >= 11 is 6.63. The Labute approximate surface area is 238 Å². The first-order chi connectivity index (χ1) is 19.3. The van der Waals surface area contributed by atoms with Gasteiger partial charge in [-0.25, -0.2) is 9.59 Å². The average Bonchev–Trinajstić information content (AvgIpc) is 3.54. The van der Waals surface area contributed by atoms with Gasteiger partial charge in [-0.1, -0.05) is 48.0 Å². The molecule has 40 heavy (non-hydrogen) atoms. The Hall–Kier alpha value is -3.85. The number of aryl methyl sites for hydroxylation is 1. The summed E-state index contributed by atoms with van der Waals surface area (Å²) in [6, 6.07) is 9.04. The van der Waals surface area contributed by atoms with Crippen LogP contribution >= 0.6 is 11.6 Å². The van der Waals surface area contributed by atoms with Crippen LogP contribution in [0.15, 0.2) is 47.6 Å². The maximum atomic E-state index is 13.9. The largest absolute Gasteiger partial charge is 0.332 e. The Kier molecular flexibility index (Phi) is 7.00. The van der Waals surface area contributed by atoms with Gasteiger partial charge < -0.3 is 25.3 Å². The van der Waals surface area contributed by atoms with Crippen LogP contribution in [0, 0.1) is 6.92 Å². The number of hydrogen-bond acceptors (Lipinski definition) is 4. The Morgan fingerprint density at radius 1 is 1.15 bits per heavy atom. The number of benzene rings is 2. The SMILES string of the molecule is C=C1CN(C2CCN(C(=O)NC3Cc4cc(Cl)c5c(c4CN(Cc4ccc(C)cc4)C3=O)C=NC5)CC2)C(=O)N1. The van der Waals surface area contributed by atoms with Gasteiger partial charge in [-0.3, -0.25) is 9.79 Å². The monoisotopic (exact) mass is 560 g/mol. The highest BCUT2D eigenvalue weighted by Crippen LogP contribution is 2.34. The van der Waals surface area contributed by atoms with E-state index in [-0.39, 0.29) is 24.0 Å². The van der Waals surface area contributed by atoms with Crippen molar-refractivity contribution in [1.82, 2.24) is 25.3 Å². The molecule has 0 radical (unpaired) electrons. The maximum absolute atomic E-state index is 13.9. The van der Waals surface area contributed by atoms with Crippen molar-refractivity contribution in [3.8, 4) is 0 Å². The van der Waals surface area contributed by atoms with Gasteiger partial charge in [0.25, 0.3) is 0 Å². The van der Waals surface area contributed by atoms with Crippen molar-refractivity contribution in [2.24, 2.45) is 4.99 Å². The second kappa shape index (κ2) is 10.6. The maximum Gasteiger partial charge on any atom is 0.322 e. The molecule has 0 saturated carbocycles. The third-order valence-electron chi connectivity index (χ3n) is 8.37. The molecule has 6 rings (SSSR count). The van der Waals surface area contributed by atoms with Crippen LogP contribution < -0.4 is 10.6 Å². The van der Waals surface area contributed by atoms with E-state index >= 15 is 0 Å². The van der Waals surface area contributed by atoms with Gasteiger partial charge in [-0.15, -0.1) is 0 Å². The Balaban J connectivity index is 1.21. The Morgan fingerprint density at radius 2 is 1.90 bits per heavy atom. The minimum absolute atomic E-state index is 0.0607. The number of carbonyl (C=O) groups is 3. The highest BCUT2D eigenvalue weighted by Gasteiger charge is 2.36. The normalized spacial score (nSPS) is 20.9. The van der Waals surface area contributed by atoms with Crippen molar-refractivity contribution in [3.05, 3.63) is 81.0 Å². The molecule has 0 aromatic heterocycles. The minimum atomic E-state index is -0.725. The zero-order valence-electron chi connectivity index (χ0n) is 22.6. The molecule has 4 aliphatic rings. The number of likely N-dealkylation sites (tertiary alicyclic amines) is 1. The lowest BCUT2D eigenvalue weighted by Crippen LogP contribution is -2.55. The molecule has 5 amide bonds. The number of fused-ring (bicyclic) bond motifs is 3. The molecule has 9 nitrogen and oxygen atoms in total. The highest BCUT2D eigenvalue weighted by atomic mass is 35.5. The molecule has 4 heterocycles. The van der Waals surface area contributed by atoms with E-state index in [1.54, 1.807) is 9.80 Å². The first-order valence-electron chi connectivity index (χ1n) is 13.7. The van der Waals surface area contributed by atoms with Crippen molar-refractivity contribution in [2.75, 3.05) is 19.6 Å². The van der Waals surface area contributed by atoms with Gasteiger partial charge >= 0.3 is 12.1 Å². The summed E-state index contributed by atoms with van der Waals surface area (Å²) in [5.74, 6) is -0.118. The number of nitrogens with zero attached hydrogens (tertiary/aromatic N) is 4. The number of aliphatic imine (C=N–C) groups is 1. The molecule has 2 aromatic carbocycles. The molecule has 1 atom stereocenters. The zero-order valence-corrected chi connectivity index (χ0v) is 23.3. The van der Waals surface area contributed by atoms with Gasteiger partial charge in [0.15, 0.2) is 0 Å². The lowest BCUT2D eigenvalue weighted by molar-refractivity contribution is -0.134. The topological polar surface area (TPSA) is 97.3 Å². The molecule has 4 aliphatic heterocycles. The molecule has 2 saturated heterocycles. The van der Waals surface area contributed by atoms with E-state index in [1.165, 1.54) is 0 Å². The standard InChI is InChI=1S/C30H33ClN6O3/c1-18-3-5-20(6-4-18)16-36-17-25-21(11-26(31)24-14-32-13-23(24)25)12-27(28(36)38)34-29(39)35-9-7-22(8-10-35)37-15-19(2)33-30(37)40/h3-6,11,13,22,27H,2,7-10,12,14-17H2,1H3,(H,33,40)(H,34,39). The van der Waals surface area contributed by atoms with E-state index in [9.17, 15) is 14.4 Å². The number of halogens is 1. The van der Waals surface area contributed by atoms with Crippen LogP contribution in [0.25, 0.3) is 0 Å². The van der Waals surface area contributed by atoms with E-state index < -0.39 is 6.04 Å². The summed E-state index contributed by atoms with van der Waals surface area (Å²) in [4.78, 5) is 49.4. The first kappa shape index (κ1) is 26.4. The van der Waals surface area contributed by atoms with Gasteiger partial charge in [-0.2, -0.15) is 0 Å². The summed E-state index contributed by atoms with van der Waals surface area (Å²) < 4.78 is 0. The molecule has 0 bridgehead atoms. The Bertz CT molecular complexity index is 1410. The fourth-order valence-corrected chi connectivity index (χ4v) is 6.43. The molecule has 1 unspecified atom stereocenters. The molecule has 0 spiro atoms. The van der Waals surface area contributed by atoms with Crippen molar-refractivity contribution >= 4 is 35.8 Å². The van der Waals surface area contributed by atoms with E-state index in [4.69, 9.17) is 11.6 Å². The van der Waals surface area contributed by atoms with E-state index in [0.29, 0.717) is 69.3 Å². The average molecular weight is 561 g/mol. The van der Waals surface area contributed by atoms with Crippen LogP contribution in [0.2, 0.25) is 5.02 Å². The minimum Gasteiger partial charge on any atom is -0.332 e. The second-order valence-electron chi connectivity index (χ2n) is 11.1. The van der Waals surface area contributed by atoms with Crippen LogP contribution in [-0.2, 0) is 30.8 Å². The molecule has 208 valence electrons. The molecule has 0 aliphatic carbocycles. The summed E-state index contributed by atoms with van der Waals surface area (Å²) in [6.07, 6.45) is 3.57. The van der Waals surface area contributed by atoms with Crippen molar-refractivity contribution in [2.45, 2.75) is 57.9 Å². The van der Waals surface area contributed by atoms with Crippen molar-refractivity contribution < 1.29 is 14.4 Å². The number of carbonyl (C=O) groups excluding carboxylic acids is 3. The van der Waals surface area contributed by atoms with Crippen molar-refractivity contribution in [1.29, 1.82) is 0 Å². The predicted octanol–water partition coefficient (Wildman–Crippen LogP) is 3.75. The number of urea groups is 2. The smallest absolute Gasteiger partial charge is 0.322 e. The lowest BCUT2D eigenvalue weighted by Gasteiger charge is -2.36. The number of piperidine rings is 1. The number of amides is 5. The van der Waals surface area contributed by atoms with E-state index in [2.05, 4.69) is 22.2 Å². The quantitative estimate of drug-likeness (QED) is 0.596. The third-order valence-corrected chi connectivity index (χ3v) is 8.71. The number of hydrogen-bond donors (Lipinski definition) is 2. The summed E-state index contributed by atoms with van der Waals surface area (Å²) in [7, 11) is 0. The summed E-state index contributed by atoms with van der Waals surface area (Å²) in [5, 5.41) is 6.44. The summed E-state index contributed by atoms with van der Waals surface area (Å²) in [6.45, 7) is 8.80. The molecule has 2 aromatic rings. The van der Waals surface area contributed by atoms with Gasteiger partial charge in [0.05, 0.1) is 13.1 Å². The van der Waals surface area contributed by atoms with Crippen LogP contribution in [0.4, 0.5) is 9.59 Å². The molecule has 2 fully saturated rings. The van der Waals surface area contributed by atoms with Crippen LogP contribution in [0.5, 0.6) is 0 Å². The Morgan fingerprint density at radius 3 is 2.60 bits per heavy atom. The number of nitrogens with one attached hydrogen (secondary N) is 2. The molecular weight excluding hydrogens is 528 g/mol. The van der Waals surface area contributed by atoms with Gasteiger partial charge in [-0.05, 0) is 42.5 Å². The van der Waals surface area contributed by atoms with E-state index in [0.717, 1.165) is 33.4 Å². The zero-order chi connectivity index (χ0) is 28.0. The fraction of sp³-hybridized carbons (Fsp3) is 0.400. The fourth-order valence-electron chi connectivity index (χ4n) is 6.14. The molecular formula is C30H33ClN6O3. The first-order valence-corrected chi connectivity index (χ1v) is 14.1. The van der Waals surface area contributed by atoms with Crippen LogP contribution in [-0.4, -0.2) is 70.6 Å². The second-order valence-corrected chi connectivity index (χ2v) is 11.5. The third kappa shape index (κ3) is 5.06. The molecule has 2 N–H and O–H groups in total. The highest BCUT2D eigenvalue weighted by molar-refractivity contribution is 6.32.